The van der Waals surface area contributed by atoms with Crippen molar-refractivity contribution in [3.8, 4) is 5.75 Å². The van der Waals surface area contributed by atoms with E-state index in [0.717, 1.165) is 48.5 Å². The molecule has 5 heteroatoms. The molecule has 0 spiro atoms. The van der Waals surface area contributed by atoms with E-state index in [4.69, 9.17) is 21.3 Å². The van der Waals surface area contributed by atoms with E-state index >= 15 is 0 Å². The number of aromatic nitrogens is 2. The minimum atomic E-state index is 0.437. The molecule has 0 atom stereocenters. The van der Waals surface area contributed by atoms with Gasteiger partial charge in [-0.1, -0.05) is 6.07 Å². The predicted molar refractivity (Wildman–Crippen MR) is 86.2 cm³/mol. The second kappa shape index (κ2) is 6.24. The topological polar surface area (TPSA) is 30.3 Å². The van der Waals surface area contributed by atoms with Gasteiger partial charge in [0.25, 0.3) is 0 Å². The Balaban J connectivity index is 2.06. The zero-order valence-electron chi connectivity index (χ0n) is 12.7. The van der Waals surface area contributed by atoms with Crippen molar-refractivity contribution in [3.05, 3.63) is 24.0 Å². The van der Waals surface area contributed by atoms with Crippen molar-refractivity contribution in [1.29, 1.82) is 0 Å². The van der Waals surface area contributed by atoms with Crippen LogP contribution < -0.4 is 4.74 Å². The maximum absolute atomic E-state index is 6.15. The van der Waals surface area contributed by atoms with Crippen LogP contribution >= 0.6 is 11.6 Å². The van der Waals surface area contributed by atoms with Gasteiger partial charge >= 0.3 is 0 Å². The van der Waals surface area contributed by atoms with E-state index in [1.165, 1.54) is 0 Å². The lowest BCUT2D eigenvalue weighted by atomic mass is 10.0. The Labute approximate surface area is 130 Å². The van der Waals surface area contributed by atoms with Crippen LogP contribution in [-0.4, -0.2) is 41.2 Å². The zero-order chi connectivity index (χ0) is 14.8. The number of benzene rings is 1. The van der Waals surface area contributed by atoms with Crippen LogP contribution in [0.2, 0.25) is 0 Å². The molecule has 1 saturated heterocycles. The lowest BCUT2D eigenvalue weighted by molar-refractivity contribution is 0.222. The summed E-state index contributed by atoms with van der Waals surface area (Å²) < 4.78 is 8.04. The number of imidazole rings is 1. The summed E-state index contributed by atoms with van der Waals surface area (Å²) in [5, 5.41) is 0. The van der Waals surface area contributed by atoms with E-state index < -0.39 is 0 Å². The molecule has 2 aromatic rings. The van der Waals surface area contributed by atoms with Crippen LogP contribution in [0.3, 0.4) is 0 Å². The zero-order valence-corrected chi connectivity index (χ0v) is 13.4. The number of nitrogens with zero attached hydrogens (tertiary/aromatic N) is 3. The second-order valence-corrected chi connectivity index (χ2v) is 5.89. The number of hydrogen-bond acceptors (Lipinski definition) is 3. The Kier molecular flexibility index (Phi) is 4.36. The summed E-state index contributed by atoms with van der Waals surface area (Å²) in [6.45, 7) is 4.89. The van der Waals surface area contributed by atoms with Crippen molar-refractivity contribution in [2.45, 2.75) is 31.7 Å². The van der Waals surface area contributed by atoms with Crippen molar-refractivity contribution in [2.75, 3.05) is 26.7 Å². The number of fused-ring (bicyclic) bond motifs is 1. The Hall–Kier alpha value is -1.26. The van der Waals surface area contributed by atoms with Crippen molar-refractivity contribution in [3.63, 3.8) is 0 Å². The molecule has 1 aliphatic heterocycles. The molecule has 1 aromatic carbocycles. The molecule has 1 aromatic heterocycles. The maximum atomic E-state index is 6.15. The molecule has 1 aliphatic rings. The summed E-state index contributed by atoms with van der Waals surface area (Å²) in [7, 11) is 2.18. The number of likely N-dealkylation sites (tertiary alicyclic amines) is 1. The van der Waals surface area contributed by atoms with Crippen molar-refractivity contribution >= 4 is 22.6 Å². The normalized spacial score (nSPS) is 17.5. The molecule has 0 N–H and O–H groups in total. The number of ether oxygens (including phenoxy) is 1. The third-order valence-electron chi connectivity index (χ3n) is 4.23. The van der Waals surface area contributed by atoms with Crippen LogP contribution in [-0.2, 0) is 5.88 Å². The molecule has 4 nitrogen and oxygen atoms in total. The fourth-order valence-corrected chi connectivity index (χ4v) is 3.35. The van der Waals surface area contributed by atoms with E-state index in [-0.39, 0.29) is 0 Å². The van der Waals surface area contributed by atoms with Gasteiger partial charge in [0.2, 0.25) is 0 Å². The minimum Gasteiger partial charge on any atom is -0.492 e. The van der Waals surface area contributed by atoms with Gasteiger partial charge in [0, 0.05) is 6.04 Å². The molecule has 2 heterocycles. The van der Waals surface area contributed by atoms with Gasteiger partial charge in [-0.05, 0) is 52.0 Å². The number of alkyl halides is 1. The second-order valence-electron chi connectivity index (χ2n) is 5.62. The van der Waals surface area contributed by atoms with Gasteiger partial charge in [-0.15, -0.1) is 11.6 Å². The van der Waals surface area contributed by atoms with Crippen molar-refractivity contribution in [2.24, 2.45) is 0 Å². The largest absolute Gasteiger partial charge is 0.492 e. The molecule has 0 bridgehead atoms. The highest BCUT2D eigenvalue weighted by Crippen LogP contribution is 2.32. The van der Waals surface area contributed by atoms with E-state index in [9.17, 15) is 0 Å². The standard InChI is InChI=1S/C16H22ClN3O/c1-3-21-14-6-4-5-13-16(14)18-15(11-17)20(13)12-7-9-19(2)10-8-12/h4-6,12H,3,7-11H2,1-2H3. The number of halogens is 1. The first kappa shape index (κ1) is 14.7. The highest BCUT2D eigenvalue weighted by atomic mass is 35.5. The number of piperidine rings is 1. The van der Waals surface area contributed by atoms with Crippen LogP contribution in [0.15, 0.2) is 18.2 Å². The monoisotopic (exact) mass is 307 g/mol. The molecule has 3 rings (SSSR count). The summed E-state index contributed by atoms with van der Waals surface area (Å²) in [5.74, 6) is 2.24. The molecule has 0 unspecified atom stereocenters. The molecule has 1 fully saturated rings. The minimum absolute atomic E-state index is 0.437. The molecule has 0 saturated carbocycles. The fourth-order valence-electron chi connectivity index (χ4n) is 3.17. The first-order valence-electron chi connectivity index (χ1n) is 7.61. The maximum Gasteiger partial charge on any atom is 0.147 e. The Morgan fingerprint density at radius 2 is 2.10 bits per heavy atom. The van der Waals surface area contributed by atoms with E-state index in [2.05, 4.69) is 22.6 Å². The lowest BCUT2D eigenvalue weighted by Crippen LogP contribution is -2.31. The summed E-state index contributed by atoms with van der Waals surface area (Å²) in [6, 6.07) is 6.63. The van der Waals surface area contributed by atoms with Crippen LogP contribution in [0.1, 0.15) is 31.6 Å². The average Bonchev–Trinajstić information content (AvgIpc) is 2.88. The van der Waals surface area contributed by atoms with Crippen LogP contribution in [0.4, 0.5) is 0 Å². The van der Waals surface area contributed by atoms with Gasteiger partial charge in [-0.25, -0.2) is 4.98 Å². The van der Waals surface area contributed by atoms with Gasteiger partial charge in [0.15, 0.2) is 0 Å². The Morgan fingerprint density at radius 3 is 2.76 bits per heavy atom. The Morgan fingerprint density at radius 1 is 1.33 bits per heavy atom. The summed E-state index contributed by atoms with van der Waals surface area (Å²) in [5.41, 5.74) is 2.08. The van der Waals surface area contributed by atoms with Gasteiger partial charge in [-0.2, -0.15) is 0 Å². The van der Waals surface area contributed by atoms with Gasteiger partial charge in [0.05, 0.1) is 18.0 Å². The van der Waals surface area contributed by atoms with Crippen LogP contribution in [0, 0.1) is 0 Å². The number of hydrogen-bond donors (Lipinski definition) is 0. The quantitative estimate of drug-likeness (QED) is 0.811. The average molecular weight is 308 g/mol. The molecule has 0 aliphatic carbocycles. The smallest absolute Gasteiger partial charge is 0.147 e. The molecule has 21 heavy (non-hydrogen) atoms. The molecule has 0 amide bonds. The van der Waals surface area contributed by atoms with E-state index in [1.54, 1.807) is 0 Å². The third-order valence-corrected chi connectivity index (χ3v) is 4.47. The highest BCUT2D eigenvalue weighted by Gasteiger charge is 2.23. The fraction of sp³-hybridized carbons (Fsp3) is 0.562. The summed E-state index contributed by atoms with van der Waals surface area (Å²) in [6.07, 6.45) is 2.29. The van der Waals surface area contributed by atoms with Crippen LogP contribution in [0.5, 0.6) is 5.75 Å². The van der Waals surface area contributed by atoms with E-state index in [1.807, 2.05) is 19.1 Å². The first-order chi connectivity index (χ1) is 10.2. The van der Waals surface area contributed by atoms with Crippen LogP contribution in [0.25, 0.3) is 11.0 Å². The van der Waals surface area contributed by atoms with Gasteiger partial charge in [-0.3, -0.25) is 0 Å². The van der Waals surface area contributed by atoms with Gasteiger partial charge in [0.1, 0.15) is 17.1 Å². The van der Waals surface area contributed by atoms with Gasteiger partial charge < -0.3 is 14.2 Å². The summed E-state index contributed by atoms with van der Waals surface area (Å²) >= 11 is 6.15. The summed E-state index contributed by atoms with van der Waals surface area (Å²) in [4.78, 5) is 7.11. The molecular formula is C16H22ClN3O. The SMILES string of the molecule is CCOc1cccc2c1nc(CCl)n2C1CCN(C)CC1. The lowest BCUT2D eigenvalue weighted by Gasteiger charge is -2.31. The molecule has 0 radical (unpaired) electrons. The van der Waals surface area contributed by atoms with Crippen molar-refractivity contribution in [1.82, 2.24) is 14.5 Å². The predicted octanol–water partition coefficient (Wildman–Crippen LogP) is 3.44. The molecular weight excluding hydrogens is 286 g/mol. The number of rotatable bonds is 4. The highest BCUT2D eigenvalue weighted by molar-refractivity contribution is 6.16. The molecule has 114 valence electrons. The third kappa shape index (κ3) is 2.74. The Bertz CT molecular complexity index is 617. The van der Waals surface area contributed by atoms with E-state index in [0.29, 0.717) is 18.5 Å². The first-order valence-corrected chi connectivity index (χ1v) is 8.15. The number of para-hydroxylation sites is 1. The van der Waals surface area contributed by atoms with Crippen molar-refractivity contribution < 1.29 is 4.74 Å².